The molecule has 0 bridgehead atoms. The molecule has 0 amide bonds. The standard InChI is InChI=1S/C20H22N2O/c1-4-8-17-19(16-11-7-9-14(2)13-16)22(21-20(17)23)18-12-6-5-10-15(18)3/h5-7,9-13H,4,8H2,1-3H3,(H,21,23). The molecule has 118 valence electrons. The average molecular weight is 306 g/mol. The van der Waals surface area contributed by atoms with Gasteiger partial charge in [0.25, 0.3) is 5.56 Å². The lowest BCUT2D eigenvalue weighted by molar-refractivity contribution is 0.864. The van der Waals surface area contributed by atoms with Crippen molar-refractivity contribution in [3.63, 3.8) is 0 Å². The lowest BCUT2D eigenvalue weighted by Crippen LogP contribution is -2.07. The number of para-hydroxylation sites is 1. The molecule has 23 heavy (non-hydrogen) atoms. The first-order valence-corrected chi connectivity index (χ1v) is 8.08. The quantitative estimate of drug-likeness (QED) is 0.762. The molecule has 0 aliphatic rings. The number of benzene rings is 2. The van der Waals surface area contributed by atoms with Crippen LogP contribution in [0.2, 0.25) is 0 Å². The topological polar surface area (TPSA) is 37.8 Å². The fourth-order valence-corrected chi connectivity index (χ4v) is 3.04. The number of aromatic amines is 1. The van der Waals surface area contributed by atoms with Gasteiger partial charge in [-0.1, -0.05) is 55.3 Å². The molecule has 0 atom stereocenters. The molecule has 0 aliphatic carbocycles. The summed E-state index contributed by atoms with van der Waals surface area (Å²) in [5, 5.41) is 3.03. The summed E-state index contributed by atoms with van der Waals surface area (Å²) in [7, 11) is 0. The fourth-order valence-electron chi connectivity index (χ4n) is 3.04. The molecule has 0 unspecified atom stereocenters. The maximum Gasteiger partial charge on any atom is 0.268 e. The minimum absolute atomic E-state index is 0.00612. The van der Waals surface area contributed by atoms with E-state index < -0.39 is 0 Å². The van der Waals surface area contributed by atoms with E-state index in [9.17, 15) is 4.79 Å². The molecule has 3 nitrogen and oxygen atoms in total. The van der Waals surface area contributed by atoms with Crippen LogP contribution < -0.4 is 5.56 Å². The lowest BCUT2D eigenvalue weighted by atomic mass is 10.0. The molecule has 2 aromatic carbocycles. The van der Waals surface area contributed by atoms with Crippen molar-refractivity contribution in [3.8, 4) is 16.9 Å². The predicted molar refractivity (Wildman–Crippen MR) is 95.3 cm³/mol. The number of hydrogen-bond donors (Lipinski definition) is 1. The first kappa shape index (κ1) is 15.3. The number of aromatic nitrogens is 2. The molecule has 0 fully saturated rings. The highest BCUT2D eigenvalue weighted by Crippen LogP contribution is 2.27. The molecule has 0 aliphatic heterocycles. The Morgan fingerprint density at radius 2 is 1.83 bits per heavy atom. The Balaban J connectivity index is 2.31. The number of H-pyrrole nitrogens is 1. The van der Waals surface area contributed by atoms with Crippen LogP contribution in [-0.2, 0) is 6.42 Å². The van der Waals surface area contributed by atoms with Gasteiger partial charge in [0.05, 0.1) is 11.4 Å². The first-order chi connectivity index (χ1) is 11.1. The first-order valence-electron chi connectivity index (χ1n) is 8.08. The number of hydrogen-bond acceptors (Lipinski definition) is 1. The molecule has 0 spiro atoms. The predicted octanol–water partition coefficient (Wildman–Crippen LogP) is 4.40. The second-order valence-electron chi connectivity index (χ2n) is 6.01. The summed E-state index contributed by atoms with van der Waals surface area (Å²) < 4.78 is 1.94. The summed E-state index contributed by atoms with van der Waals surface area (Å²) in [6, 6.07) is 16.4. The van der Waals surface area contributed by atoms with Crippen LogP contribution in [-0.4, -0.2) is 9.78 Å². The van der Waals surface area contributed by atoms with Gasteiger partial charge < -0.3 is 0 Å². The van der Waals surface area contributed by atoms with E-state index in [1.54, 1.807) is 0 Å². The van der Waals surface area contributed by atoms with Gasteiger partial charge >= 0.3 is 0 Å². The van der Waals surface area contributed by atoms with Gasteiger partial charge in [-0.15, -0.1) is 0 Å². The molecule has 1 heterocycles. The van der Waals surface area contributed by atoms with Crippen LogP contribution in [0.15, 0.2) is 53.3 Å². The highest BCUT2D eigenvalue weighted by Gasteiger charge is 2.18. The maximum absolute atomic E-state index is 12.5. The Morgan fingerprint density at radius 1 is 1.04 bits per heavy atom. The van der Waals surface area contributed by atoms with Gasteiger partial charge in [0, 0.05) is 11.1 Å². The third-order valence-corrected chi connectivity index (χ3v) is 4.14. The van der Waals surface area contributed by atoms with Crippen molar-refractivity contribution in [1.82, 2.24) is 9.78 Å². The zero-order valence-electron chi connectivity index (χ0n) is 13.9. The van der Waals surface area contributed by atoms with Gasteiger partial charge in [-0.3, -0.25) is 14.6 Å². The van der Waals surface area contributed by atoms with Crippen molar-refractivity contribution >= 4 is 0 Å². The van der Waals surface area contributed by atoms with Gasteiger partial charge in [-0.25, -0.2) is 0 Å². The van der Waals surface area contributed by atoms with E-state index >= 15 is 0 Å². The molecule has 0 radical (unpaired) electrons. The van der Waals surface area contributed by atoms with Gasteiger partial charge in [0.15, 0.2) is 0 Å². The molecule has 3 rings (SSSR count). The highest BCUT2D eigenvalue weighted by atomic mass is 16.1. The Morgan fingerprint density at radius 3 is 2.52 bits per heavy atom. The normalized spacial score (nSPS) is 10.9. The van der Waals surface area contributed by atoms with Crippen LogP contribution in [0.5, 0.6) is 0 Å². The zero-order chi connectivity index (χ0) is 16.4. The SMILES string of the molecule is CCCc1c(-c2cccc(C)c2)n(-c2ccccc2C)[nH]c1=O. The summed E-state index contributed by atoms with van der Waals surface area (Å²) in [6.07, 6.45) is 1.72. The van der Waals surface area contributed by atoms with Crippen molar-refractivity contribution in [2.24, 2.45) is 0 Å². The van der Waals surface area contributed by atoms with Crippen molar-refractivity contribution in [3.05, 3.63) is 75.6 Å². The summed E-state index contributed by atoms with van der Waals surface area (Å²) >= 11 is 0. The van der Waals surface area contributed by atoms with E-state index in [-0.39, 0.29) is 5.56 Å². The van der Waals surface area contributed by atoms with E-state index in [2.05, 4.69) is 50.1 Å². The smallest absolute Gasteiger partial charge is 0.268 e. The van der Waals surface area contributed by atoms with Crippen LogP contribution >= 0.6 is 0 Å². The molecule has 1 N–H and O–H groups in total. The second-order valence-corrected chi connectivity index (χ2v) is 6.01. The van der Waals surface area contributed by atoms with Gasteiger partial charge in [0.1, 0.15) is 0 Å². The fraction of sp³-hybridized carbons (Fsp3) is 0.250. The van der Waals surface area contributed by atoms with Crippen LogP contribution in [0.1, 0.15) is 30.0 Å². The molecule has 3 aromatic rings. The summed E-state index contributed by atoms with van der Waals surface area (Å²) in [5.41, 5.74) is 6.27. The summed E-state index contributed by atoms with van der Waals surface area (Å²) in [6.45, 7) is 6.24. The van der Waals surface area contributed by atoms with E-state index in [0.29, 0.717) is 0 Å². The van der Waals surface area contributed by atoms with Crippen LogP contribution in [0.25, 0.3) is 16.9 Å². The molecular weight excluding hydrogens is 284 g/mol. The van der Waals surface area contributed by atoms with Gasteiger partial charge in [0.2, 0.25) is 0 Å². The van der Waals surface area contributed by atoms with Crippen LogP contribution in [0, 0.1) is 13.8 Å². The largest absolute Gasteiger partial charge is 0.268 e. The Kier molecular flexibility index (Phi) is 4.20. The Labute approximate surface area is 136 Å². The Bertz CT molecular complexity index is 887. The molecule has 0 saturated carbocycles. The van der Waals surface area contributed by atoms with E-state index in [1.807, 2.05) is 28.9 Å². The molecular formula is C20H22N2O. The number of rotatable bonds is 4. The second kappa shape index (κ2) is 6.29. The van der Waals surface area contributed by atoms with E-state index in [1.165, 1.54) is 5.56 Å². The van der Waals surface area contributed by atoms with Crippen molar-refractivity contribution in [2.45, 2.75) is 33.6 Å². The third kappa shape index (κ3) is 2.87. The summed E-state index contributed by atoms with van der Waals surface area (Å²) in [4.78, 5) is 12.5. The van der Waals surface area contributed by atoms with Crippen LogP contribution in [0.3, 0.4) is 0 Å². The van der Waals surface area contributed by atoms with E-state index in [4.69, 9.17) is 0 Å². The molecule has 3 heteroatoms. The van der Waals surface area contributed by atoms with Crippen LogP contribution in [0.4, 0.5) is 0 Å². The molecule has 1 aromatic heterocycles. The minimum Gasteiger partial charge on any atom is -0.268 e. The number of nitrogens with one attached hydrogen (secondary N) is 1. The monoisotopic (exact) mass is 306 g/mol. The minimum atomic E-state index is 0.00612. The van der Waals surface area contributed by atoms with Crippen molar-refractivity contribution in [1.29, 1.82) is 0 Å². The Hall–Kier alpha value is -2.55. The lowest BCUT2D eigenvalue weighted by Gasteiger charge is -2.13. The van der Waals surface area contributed by atoms with Crippen molar-refractivity contribution < 1.29 is 0 Å². The average Bonchev–Trinajstić information content (AvgIpc) is 2.85. The number of nitrogens with zero attached hydrogens (tertiary/aromatic N) is 1. The van der Waals surface area contributed by atoms with E-state index in [0.717, 1.165) is 40.9 Å². The highest BCUT2D eigenvalue weighted by molar-refractivity contribution is 5.67. The molecule has 0 saturated heterocycles. The zero-order valence-corrected chi connectivity index (χ0v) is 13.9. The van der Waals surface area contributed by atoms with Gasteiger partial charge in [-0.05, 0) is 38.0 Å². The summed E-state index contributed by atoms with van der Waals surface area (Å²) in [5.74, 6) is 0. The van der Waals surface area contributed by atoms with Crippen molar-refractivity contribution in [2.75, 3.05) is 0 Å². The number of aryl methyl sites for hydroxylation is 2. The van der Waals surface area contributed by atoms with Gasteiger partial charge in [-0.2, -0.15) is 0 Å². The third-order valence-electron chi connectivity index (χ3n) is 4.14. The maximum atomic E-state index is 12.5.